The van der Waals surface area contributed by atoms with Gasteiger partial charge in [0.05, 0.1) is 5.02 Å². The van der Waals surface area contributed by atoms with Crippen molar-refractivity contribution in [1.82, 2.24) is 4.57 Å². The highest BCUT2D eigenvalue weighted by Crippen LogP contribution is 2.16. The molecule has 1 aromatic carbocycles. The number of halogens is 2. The highest BCUT2D eigenvalue weighted by Gasteiger charge is 2.00. The molecule has 72 valence electrons. The van der Waals surface area contributed by atoms with Gasteiger partial charge in [0.1, 0.15) is 5.82 Å². The zero-order valence-electron chi connectivity index (χ0n) is 7.45. The third-order valence-corrected chi connectivity index (χ3v) is 2.31. The molecule has 0 spiro atoms. The first kappa shape index (κ1) is 9.28. The molecule has 0 fully saturated rings. The van der Waals surface area contributed by atoms with E-state index < -0.39 is 0 Å². The van der Waals surface area contributed by atoms with Crippen LogP contribution in [0.25, 0.3) is 0 Å². The van der Waals surface area contributed by atoms with Crippen molar-refractivity contribution in [3.8, 4) is 0 Å². The van der Waals surface area contributed by atoms with Crippen LogP contribution in [0, 0.1) is 5.82 Å². The summed E-state index contributed by atoms with van der Waals surface area (Å²) in [5.74, 6) is -0.372. The number of nitrogens with zero attached hydrogens (tertiary/aromatic N) is 1. The second kappa shape index (κ2) is 3.84. The number of hydrogen-bond acceptors (Lipinski definition) is 0. The molecule has 0 saturated heterocycles. The van der Waals surface area contributed by atoms with Gasteiger partial charge >= 0.3 is 0 Å². The normalized spacial score (nSPS) is 10.4. The molecule has 2 aromatic rings. The van der Waals surface area contributed by atoms with Crippen LogP contribution in [0.1, 0.15) is 5.56 Å². The minimum atomic E-state index is -0.372. The van der Waals surface area contributed by atoms with Crippen molar-refractivity contribution >= 4 is 11.6 Å². The Bertz CT molecular complexity index is 423. The lowest BCUT2D eigenvalue weighted by molar-refractivity contribution is 0.626. The van der Waals surface area contributed by atoms with Gasteiger partial charge in [0.15, 0.2) is 0 Å². The van der Waals surface area contributed by atoms with Crippen LogP contribution in [0.15, 0.2) is 42.7 Å². The fraction of sp³-hybridized carbons (Fsp3) is 0.0909. The Balaban J connectivity index is 2.22. The predicted octanol–water partition coefficient (Wildman–Crippen LogP) is 3.33. The molecular formula is C11H9ClFN. The van der Waals surface area contributed by atoms with Crippen molar-refractivity contribution in [3.05, 3.63) is 59.1 Å². The van der Waals surface area contributed by atoms with Gasteiger partial charge in [0, 0.05) is 18.9 Å². The quantitative estimate of drug-likeness (QED) is 0.715. The van der Waals surface area contributed by atoms with Crippen molar-refractivity contribution in [2.75, 3.05) is 0 Å². The molecule has 0 atom stereocenters. The topological polar surface area (TPSA) is 4.93 Å². The van der Waals surface area contributed by atoms with Crippen molar-refractivity contribution in [1.29, 1.82) is 0 Å². The minimum absolute atomic E-state index is 0.176. The molecule has 0 saturated carbocycles. The van der Waals surface area contributed by atoms with Crippen LogP contribution in [-0.2, 0) is 6.54 Å². The standard InChI is InChI=1S/C11H9ClFN/c12-10-7-9(3-4-11(10)13)8-14-5-1-2-6-14/h1-7H,8H2. The van der Waals surface area contributed by atoms with E-state index in [2.05, 4.69) is 0 Å². The Hall–Kier alpha value is -1.28. The Morgan fingerprint density at radius 1 is 1.21 bits per heavy atom. The van der Waals surface area contributed by atoms with Gasteiger partial charge in [-0.2, -0.15) is 0 Å². The molecule has 1 heterocycles. The second-order valence-electron chi connectivity index (χ2n) is 3.10. The van der Waals surface area contributed by atoms with Gasteiger partial charge in [-0.3, -0.25) is 0 Å². The maximum atomic E-state index is 12.8. The first-order valence-electron chi connectivity index (χ1n) is 4.30. The Morgan fingerprint density at radius 3 is 2.57 bits per heavy atom. The lowest BCUT2D eigenvalue weighted by atomic mass is 10.2. The number of aromatic nitrogens is 1. The lowest BCUT2D eigenvalue weighted by Crippen LogP contribution is -1.96. The van der Waals surface area contributed by atoms with Crippen LogP contribution >= 0.6 is 11.6 Å². The zero-order chi connectivity index (χ0) is 9.97. The average molecular weight is 210 g/mol. The minimum Gasteiger partial charge on any atom is -0.350 e. The summed E-state index contributed by atoms with van der Waals surface area (Å²) in [6.45, 7) is 0.715. The largest absolute Gasteiger partial charge is 0.350 e. The first-order valence-corrected chi connectivity index (χ1v) is 4.68. The van der Waals surface area contributed by atoms with Crippen molar-refractivity contribution in [2.45, 2.75) is 6.54 Å². The van der Waals surface area contributed by atoms with Gasteiger partial charge in [-0.05, 0) is 29.8 Å². The second-order valence-corrected chi connectivity index (χ2v) is 3.51. The number of hydrogen-bond donors (Lipinski definition) is 0. The number of rotatable bonds is 2. The zero-order valence-corrected chi connectivity index (χ0v) is 8.21. The lowest BCUT2D eigenvalue weighted by Gasteiger charge is -2.03. The predicted molar refractivity (Wildman–Crippen MR) is 54.9 cm³/mol. The fourth-order valence-electron chi connectivity index (χ4n) is 1.32. The summed E-state index contributed by atoms with van der Waals surface area (Å²) in [4.78, 5) is 0. The Morgan fingerprint density at radius 2 is 1.93 bits per heavy atom. The molecule has 0 radical (unpaired) electrons. The summed E-state index contributed by atoms with van der Waals surface area (Å²) >= 11 is 5.67. The Labute approximate surface area is 86.7 Å². The molecule has 3 heteroatoms. The monoisotopic (exact) mass is 209 g/mol. The molecule has 14 heavy (non-hydrogen) atoms. The van der Waals surface area contributed by atoms with E-state index in [0.717, 1.165) is 5.56 Å². The van der Waals surface area contributed by atoms with E-state index >= 15 is 0 Å². The highest BCUT2D eigenvalue weighted by molar-refractivity contribution is 6.30. The van der Waals surface area contributed by atoms with E-state index in [1.165, 1.54) is 6.07 Å². The molecule has 0 bridgehead atoms. The molecule has 0 aliphatic rings. The smallest absolute Gasteiger partial charge is 0.141 e. The number of benzene rings is 1. The SMILES string of the molecule is Fc1ccc(Cn2cccc2)cc1Cl. The van der Waals surface area contributed by atoms with Crippen LogP contribution in [0.3, 0.4) is 0 Å². The van der Waals surface area contributed by atoms with Gasteiger partial charge in [-0.15, -0.1) is 0 Å². The van der Waals surface area contributed by atoms with Gasteiger partial charge < -0.3 is 4.57 Å². The molecule has 0 N–H and O–H groups in total. The summed E-state index contributed by atoms with van der Waals surface area (Å²) < 4.78 is 14.8. The van der Waals surface area contributed by atoms with E-state index in [9.17, 15) is 4.39 Å². The third kappa shape index (κ3) is 1.96. The molecular weight excluding hydrogens is 201 g/mol. The van der Waals surface area contributed by atoms with Crippen molar-refractivity contribution in [3.63, 3.8) is 0 Å². The highest BCUT2D eigenvalue weighted by atomic mass is 35.5. The van der Waals surface area contributed by atoms with E-state index in [-0.39, 0.29) is 10.8 Å². The van der Waals surface area contributed by atoms with Crippen LogP contribution in [0.4, 0.5) is 4.39 Å². The van der Waals surface area contributed by atoms with Gasteiger partial charge in [0.2, 0.25) is 0 Å². The summed E-state index contributed by atoms with van der Waals surface area (Å²) in [6.07, 6.45) is 3.91. The summed E-state index contributed by atoms with van der Waals surface area (Å²) in [7, 11) is 0. The van der Waals surface area contributed by atoms with Crippen molar-refractivity contribution < 1.29 is 4.39 Å². The van der Waals surface area contributed by atoms with Crippen LogP contribution in [0.2, 0.25) is 5.02 Å². The fourth-order valence-corrected chi connectivity index (χ4v) is 1.53. The van der Waals surface area contributed by atoms with E-state index in [1.54, 1.807) is 12.1 Å². The first-order chi connectivity index (χ1) is 6.75. The average Bonchev–Trinajstić information content (AvgIpc) is 2.64. The van der Waals surface area contributed by atoms with Crippen LogP contribution in [-0.4, -0.2) is 4.57 Å². The molecule has 0 amide bonds. The van der Waals surface area contributed by atoms with Crippen LogP contribution < -0.4 is 0 Å². The maximum Gasteiger partial charge on any atom is 0.141 e. The van der Waals surface area contributed by atoms with Gasteiger partial charge in [0.25, 0.3) is 0 Å². The third-order valence-electron chi connectivity index (χ3n) is 2.02. The van der Waals surface area contributed by atoms with Gasteiger partial charge in [-0.1, -0.05) is 17.7 Å². The molecule has 0 unspecified atom stereocenters. The van der Waals surface area contributed by atoms with Gasteiger partial charge in [-0.25, -0.2) is 4.39 Å². The molecule has 1 aromatic heterocycles. The van der Waals surface area contributed by atoms with E-state index in [0.29, 0.717) is 6.54 Å². The molecule has 0 aliphatic heterocycles. The molecule has 1 nitrogen and oxygen atoms in total. The van der Waals surface area contributed by atoms with E-state index in [1.807, 2.05) is 29.1 Å². The van der Waals surface area contributed by atoms with E-state index in [4.69, 9.17) is 11.6 Å². The summed E-state index contributed by atoms with van der Waals surface area (Å²) in [5, 5.41) is 0.176. The maximum absolute atomic E-state index is 12.8. The molecule has 0 aliphatic carbocycles. The van der Waals surface area contributed by atoms with Crippen LogP contribution in [0.5, 0.6) is 0 Å². The summed E-state index contributed by atoms with van der Waals surface area (Å²) in [5.41, 5.74) is 0.993. The van der Waals surface area contributed by atoms with Crippen molar-refractivity contribution in [2.24, 2.45) is 0 Å². The molecule has 2 rings (SSSR count). The Kier molecular flexibility index (Phi) is 2.55. The summed E-state index contributed by atoms with van der Waals surface area (Å²) in [6, 6.07) is 8.68.